The van der Waals surface area contributed by atoms with Crippen LogP contribution in [0.2, 0.25) is 10.0 Å². The maximum Gasteiger partial charge on any atom is 0.230 e. The second-order valence-electron chi connectivity index (χ2n) is 11.4. The van der Waals surface area contributed by atoms with E-state index in [1.54, 1.807) is 17.8 Å². The van der Waals surface area contributed by atoms with Crippen molar-refractivity contribution in [1.29, 1.82) is 0 Å². The summed E-state index contributed by atoms with van der Waals surface area (Å²) in [5.41, 5.74) is 3.05. The van der Waals surface area contributed by atoms with Crippen LogP contribution in [0.5, 0.6) is 0 Å². The molecule has 0 spiro atoms. The number of thioether (sulfide) groups is 1. The van der Waals surface area contributed by atoms with E-state index in [2.05, 4.69) is 29.3 Å². The molecule has 0 saturated carbocycles. The molecule has 5 rings (SSSR count). The minimum Gasteiger partial charge on any atom is -0.339 e. The fourth-order valence-electron chi connectivity index (χ4n) is 5.82. The lowest BCUT2D eigenvalue weighted by Crippen LogP contribution is -2.56. The number of carbonyl (C=O) groups excluding carboxylic acids is 2. The predicted molar refractivity (Wildman–Crippen MR) is 182 cm³/mol. The highest BCUT2D eigenvalue weighted by molar-refractivity contribution is 7.99. The molecule has 2 amide bonds. The molecule has 1 aliphatic heterocycles. The Kier molecular flexibility index (Phi) is 11.6. The first-order valence-corrected chi connectivity index (χ1v) is 17.3. The normalized spacial score (nSPS) is 15.7. The first-order valence-electron chi connectivity index (χ1n) is 15.5. The summed E-state index contributed by atoms with van der Waals surface area (Å²) in [5, 5.41) is 10.8. The van der Waals surface area contributed by atoms with Crippen molar-refractivity contribution < 1.29 is 9.59 Å². The third-order valence-electron chi connectivity index (χ3n) is 8.25. The highest BCUT2D eigenvalue weighted by Crippen LogP contribution is 2.30. The van der Waals surface area contributed by atoms with Gasteiger partial charge in [-0.1, -0.05) is 103 Å². The van der Waals surface area contributed by atoms with Crippen LogP contribution in [0.25, 0.3) is 5.69 Å². The maximum absolute atomic E-state index is 13.4. The zero-order chi connectivity index (χ0) is 31.8. The molecule has 4 aromatic rings. The van der Waals surface area contributed by atoms with Crippen LogP contribution in [0.15, 0.2) is 84.0 Å². The summed E-state index contributed by atoms with van der Waals surface area (Å²) < 4.78 is 2.04. The van der Waals surface area contributed by atoms with Gasteiger partial charge in [0.05, 0.1) is 21.7 Å². The number of unbranched alkanes of at least 4 members (excludes halogenated alkanes) is 1. The molecule has 45 heavy (non-hydrogen) atoms. The van der Waals surface area contributed by atoms with E-state index >= 15 is 0 Å². The number of nitrogens with zero attached hydrogens (tertiary/aromatic N) is 5. The van der Waals surface area contributed by atoms with Gasteiger partial charge >= 0.3 is 0 Å². The van der Waals surface area contributed by atoms with Crippen molar-refractivity contribution in [3.05, 3.63) is 106 Å². The van der Waals surface area contributed by atoms with Crippen LogP contribution in [-0.4, -0.2) is 67.8 Å². The Morgan fingerprint density at radius 1 is 0.933 bits per heavy atom. The Bertz CT molecular complexity index is 1580. The number of carbonyl (C=O) groups is 2. The topological polar surface area (TPSA) is 71.3 Å². The van der Waals surface area contributed by atoms with E-state index in [-0.39, 0.29) is 23.8 Å². The lowest BCUT2D eigenvalue weighted by atomic mass is 9.94. The van der Waals surface area contributed by atoms with E-state index in [4.69, 9.17) is 23.2 Å². The Labute approximate surface area is 279 Å². The molecule has 1 saturated heterocycles. The van der Waals surface area contributed by atoms with E-state index in [0.717, 1.165) is 52.8 Å². The number of aromatic nitrogens is 3. The SMILES string of the molecule is CCC(C(=O)N1CCN(C(=O)CCCCSc2nnc(Cc3ccccc3)n2-c2ccc(Cl)c(Cl)c2)CC1C)c1ccccc1. The number of amides is 2. The molecule has 3 aromatic carbocycles. The minimum absolute atomic E-state index is 0.0127. The molecule has 10 heteroatoms. The summed E-state index contributed by atoms with van der Waals surface area (Å²) in [5.74, 6) is 1.77. The van der Waals surface area contributed by atoms with Crippen LogP contribution in [-0.2, 0) is 16.0 Å². The number of hydrogen-bond donors (Lipinski definition) is 0. The third-order valence-corrected chi connectivity index (χ3v) is 10.0. The van der Waals surface area contributed by atoms with Crippen molar-refractivity contribution >= 4 is 46.8 Å². The number of benzene rings is 3. The van der Waals surface area contributed by atoms with Crippen molar-refractivity contribution in [2.24, 2.45) is 0 Å². The van der Waals surface area contributed by atoms with Crippen molar-refractivity contribution in [2.45, 2.75) is 63.1 Å². The predicted octanol–water partition coefficient (Wildman–Crippen LogP) is 7.68. The summed E-state index contributed by atoms with van der Waals surface area (Å²) in [6, 6.07) is 25.7. The fraction of sp³-hybridized carbons (Fsp3) is 0.371. The number of piperazine rings is 1. The van der Waals surface area contributed by atoms with Crippen LogP contribution in [0.1, 0.15) is 62.4 Å². The van der Waals surface area contributed by atoms with Crippen LogP contribution < -0.4 is 0 Å². The van der Waals surface area contributed by atoms with E-state index in [9.17, 15) is 9.59 Å². The second-order valence-corrected chi connectivity index (χ2v) is 13.3. The summed E-state index contributed by atoms with van der Waals surface area (Å²) in [6.07, 6.45) is 3.52. The summed E-state index contributed by atoms with van der Waals surface area (Å²) in [4.78, 5) is 30.4. The van der Waals surface area contributed by atoms with Crippen molar-refractivity contribution in [2.75, 3.05) is 25.4 Å². The van der Waals surface area contributed by atoms with Gasteiger partial charge in [0.25, 0.3) is 0 Å². The lowest BCUT2D eigenvalue weighted by molar-refractivity contribution is -0.143. The molecule has 7 nitrogen and oxygen atoms in total. The molecular formula is C35H39Cl2N5O2S. The van der Waals surface area contributed by atoms with Gasteiger partial charge in [0.15, 0.2) is 5.16 Å². The van der Waals surface area contributed by atoms with Gasteiger partial charge in [0, 0.05) is 44.3 Å². The largest absolute Gasteiger partial charge is 0.339 e. The summed E-state index contributed by atoms with van der Waals surface area (Å²) in [7, 11) is 0. The Hall–Kier alpha value is -3.33. The van der Waals surface area contributed by atoms with E-state index in [1.165, 1.54) is 0 Å². The fourth-order valence-corrected chi connectivity index (χ4v) is 7.08. The molecular weight excluding hydrogens is 625 g/mol. The molecule has 0 aliphatic carbocycles. The van der Waals surface area contributed by atoms with Gasteiger partial charge in [-0.3, -0.25) is 14.2 Å². The smallest absolute Gasteiger partial charge is 0.230 e. The Balaban J connectivity index is 1.13. The molecule has 1 aliphatic rings. The van der Waals surface area contributed by atoms with Gasteiger partial charge in [0.1, 0.15) is 5.82 Å². The number of halogens is 2. The molecule has 0 radical (unpaired) electrons. The monoisotopic (exact) mass is 663 g/mol. The highest BCUT2D eigenvalue weighted by Gasteiger charge is 2.33. The zero-order valence-electron chi connectivity index (χ0n) is 25.7. The molecule has 236 valence electrons. The summed E-state index contributed by atoms with van der Waals surface area (Å²) >= 11 is 14.2. The third kappa shape index (κ3) is 8.29. The van der Waals surface area contributed by atoms with Gasteiger partial charge in [0.2, 0.25) is 11.8 Å². The number of rotatable bonds is 12. The molecule has 1 aromatic heterocycles. The van der Waals surface area contributed by atoms with Gasteiger partial charge < -0.3 is 9.80 Å². The van der Waals surface area contributed by atoms with E-state index in [1.807, 2.05) is 82.0 Å². The average molecular weight is 665 g/mol. The minimum atomic E-state index is -0.148. The zero-order valence-corrected chi connectivity index (χ0v) is 28.1. The highest BCUT2D eigenvalue weighted by atomic mass is 35.5. The molecule has 2 unspecified atom stereocenters. The van der Waals surface area contributed by atoms with Crippen molar-refractivity contribution in [3.8, 4) is 5.69 Å². The Morgan fingerprint density at radius 3 is 2.36 bits per heavy atom. The molecule has 2 atom stereocenters. The van der Waals surface area contributed by atoms with Crippen LogP contribution in [0.4, 0.5) is 0 Å². The molecule has 0 N–H and O–H groups in total. The second kappa shape index (κ2) is 15.8. The first-order chi connectivity index (χ1) is 21.9. The van der Waals surface area contributed by atoms with Crippen molar-refractivity contribution in [3.63, 3.8) is 0 Å². The average Bonchev–Trinajstić information content (AvgIpc) is 3.45. The van der Waals surface area contributed by atoms with Gasteiger partial charge in [-0.2, -0.15) is 0 Å². The first kappa shape index (κ1) is 33.0. The number of hydrogen-bond acceptors (Lipinski definition) is 5. The van der Waals surface area contributed by atoms with Gasteiger partial charge in [-0.15, -0.1) is 10.2 Å². The standard InChI is InChI=1S/C35H39Cl2N5O2S/c1-3-29(27-14-8-5-9-15-27)34(44)41-20-19-40(24-25(41)2)33(43)16-10-11-21-45-35-39-38-32(22-26-12-6-4-7-13-26)42(35)28-17-18-30(36)31(37)23-28/h4-9,12-15,17-18,23,25,29H,3,10-11,16,19-22,24H2,1-2H3. The quantitative estimate of drug-likeness (QED) is 0.115. The van der Waals surface area contributed by atoms with Crippen molar-refractivity contribution in [1.82, 2.24) is 24.6 Å². The Morgan fingerprint density at radius 2 is 1.67 bits per heavy atom. The summed E-state index contributed by atoms with van der Waals surface area (Å²) in [6.45, 7) is 5.81. The van der Waals surface area contributed by atoms with Gasteiger partial charge in [-0.05, 0) is 55.5 Å². The van der Waals surface area contributed by atoms with Gasteiger partial charge in [-0.25, -0.2) is 0 Å². The molecule has 0 bridgehead atoms. The maximum atomic E-state index is 13.4. The lowest BCUT2D eigenvalue weighted by Gasteiger charge is -2.41. The van der Waals surface area contributed by atoms with Crippen LogP contribution in [0, 0.1) is 0 Å². The molecule has 1 fully saturated rings. The van der Waals surface area contributed by atoms with E-state index < -0.39 is 0 Å². The molecule has 2 heterocycles. The van der Waals surface area contributed by atoms with E-state index in [0.29, 0.717) is 42.5 Å². The van der Waals surface area contributed by atoms with Crippen LogP contribution >= 0.6 is 35.0 Å². The van der Waals surface area contributed by atoms with Crippen LogP contribution in [0.3, 0.4) is 0 Å².